The molecule has 0 unspecified atom stereocenters. The second-order valence-corrected chi connectivity index (χ2v) is 11.2. The summed E-state index contributed by atoms with van der Waals surface area (Å²) in [5, 5.41) is 15.0. The molecule has 0 spiro atoms. The highest BCUT2D eigenvalue weighted by Gasteiger charge is 2.32. The monoisotopic (exact) mass is 563 g/mol. The van der Waals surface area contributed by atoms with Crippen molar-refractivity contribution in [3.63, 3.8) is 0 Å². The molecule has 1 saturated heterocycles. The molecular weight excluding hydrogens is 526 g/mol. The molecule has 214 valence electrons. The molecule has 1 aromatic rings. The number of hydrogen-bond acceptors (Lipinski definition) is 9. The summed E-state index contributed by atoms with van der Waals surface area (Å²) in [7, 11) is -2.27. The highest BCUT2D eigenvalue weighted by atomic mass is 32.2. The zero-order chi connectivity index (χ0) is 28.0. The van der Waals surface area contributed by atoms with Crippen molar-refractivity contribution in [2.24, 2.45) is 11.0 Å². The van der Waals surface area contributed by atoms with Crippen LogP contribution in [0.25, 0.3) is 0 Å². The van der Waals surface area contributed by atoms with Crippen molar-refractivity contribution >= 4 is 33.7 Å². The third-order valence-corrected chi connectivity index (χ3v) is 8.37. The molecule has 0 aromatic heterocycles. The Kier molecular flexibility index (Phi) is 9.30. The van der Waals surface area contributed by atoms with E-state index >= 15 is 0 Å². The molecule has 0 atom stereocenters. The number of hydrogen-bond donors (Lipinski definition) is 4. The van der Waals surface area contributed by atoms with Crippen LogP contribution in [0.3, 0.4) is 0 Å². The van der Waals surface area contributed by atoms with Gasteiger partial charge in [0.1, 0.15) is 11.4 Å². The van der Waals surface area contributed by atoms with Crippen LogP contribution < -0.4 is 25.4 Å². The van der Waals surface area contributed by atoms with E-state index in [9.17, 15) is 18.0 Å². The van der Waals surface area contributed by atoms with Crippen LogP contribution in [0, 0.1) is 5.92 Å². The minimum Gasteiger partial charge on any atom is -0.493 e. The van der Waals surface area contributed by atoms with Crippen LogP contribution in [0.5, 0.6) is 5.75 Å². The number of carbonyl (C=O) groups is 2. The number of amidine groups is 1. The quantitative estimate of drug-likeness (QED) is 0.330. The summed E-state index contributed by atoms with van der Waals surface area (Å²) in [6, 6.07) is 3.92. The molecule has 2 heterocycles. The van der Waals surface area contributed by atoms with E-state index in [-0.39, 0.29) is 38.0 Å². The smallest absolute Gasteiger partial charge is 0.333 e. The van der Waals surface area contributed by atoms with Gasteiger partial charge in [0.05, 0.1) is 25.4 Å². The van der Waals surface area contributed by atoms with Crippen LogP contribution in [0.1, 0.15) is 45.1 Å². The molecule has 1 saturated carbocycles. The second-order valence-electron chi connectivity index (χ2n) is 9.58. The number of allylic oxidation sites excluding steroid dienone is 1. The van der Waals surface area contributed by atoms with Gasteiger partial charge in [0.15, 0.2) is 5.84 Å². The Balaban J connectivity index is 1.60. The van der Waals surface area contributed by atoms with Gasteiger partial charge in [0.2, 0.25) is 0 Å². The number of ether oxygens (including phenoxy) is 2. The van der Waals surface area contributed by atoms with Crippen molar-refractivity contribution < 1.29 is 27.5 Å². The Bertz CT molecular complexity index is 1240. The number of urea groups is 1. The van der Waals surface area contributed by atoms with Gasteiger partial charge in [-0.05, 0) is 50.8 Å². The molecule has 1 aliphatic carbocycles. The Morgan fingerprint density at radius 2 is 1.95 bits per heavy atom. The maximum absolute atomic E-state index is 13.3. The molecule has 0 radical (unpaired) electrons. The fraction of sp³-hybridized carbons (Fsp3) is 0.560. The molecule has 1 aromatic carbocycles. The summed E-state index contributed by atoms with van der Waals surface area (Å²) in [4.78, 5) is 25.9. The van der Waals surface area contributed by atoms with E-state index in [1.807, 2.05) is 18.6 Å². The van der Waals surface area contributed by atoms with Crippen LogP contribution in [-0.2, 0) is 19.7 Å². The van der Waals surface area contributed by atoms with Gasteiger partial charge in [-0.25, -0.2) is 9.52 Å². The maximum atomic E-state index is 13.3. The molecule has 2 aliphatic heterocycles. The standard InChI is InChI=1S/C25H37N7O6S/c1-4-38-21-10-9-19(27-25(34)30-39(35,36)31-11-13-37-14-12-31)15-20(21)23-28-24(33)22(17(2)26-3)32(29-23)16-18-7-5-6-8-18/h9-10,15,18,26H,4-8,11-14,16H2,1-3H3,(H2,27,30,34)(H,28,29,33)/b22-17-. The molecule has 3 aliphatic rings. The molecule has 4 N–H and O–H groups in total. The van der Waals surface area contributed by atoms with Crippen molar-refractivity contribution in [1.29, 1.82) is 0 Å². The van der Waals surface area contributed by atoms with Gasteiger partial charge >= 0.3 is 16.2 Å². The topological polar surface area (TPSA) is 154 Å². The first kappa shape index (κ1) is 28.6. The van der Waals surface area contributed by atoms with Crippen LogP contribution in [0.4, 0.5) is 10.5 Å². The fourth-order valence-electron chi connectivity index (χ4n) is 4.85. The van der Waals surface area contributed by atoms with Gasteiger partial charge in [-0.1, -0.05) is 12.8 Å². The third kappa shape index (κ3) is 6.99. The summed E-state index contributed by atoms with van der Waals surface area (Å²) in [6.45, 7) is 5.50. The Morgan fingerprint density at radius 1 is 1.23 bits per heavy atom. The third-order valence-electron chi connectivity index (χ3n) is 6.89. The number of anilines is 1. The van der Waals surface area contributed by atoms with Crippen LogP contribution >= 0.6 is 0 Å². The highest BCUT2D eigenvalue weighted by Crippen LogP contribution is 2.30. The van der Waals surface area contributed by atoms with Gasteiger partial charge in [-0.15, -0.1) is 0 Å². The van der Waals surface area contributed by atoms with E-state index in [0.29, 0.717) is 47.5 Å². The largest absolute Gasteiger partial charge is 0.493 e. The van der Waals surface area contributed by atoms with Crippen LogP contribution in [0.2, 0.25) is 0 Å². The van der Waals surface area contributed by atoms with E-state index in [2.05, 4.69) is 16.0 Å². The van der Waals surface area contributed by atoms with Crippen molar-refractivity contribution in [1.82, 2.24) is 24.7 Å². The zero-order valence-electron chi connectivity index (χ0n) is 22.6. The Labute approximate surface area is 229 Å². The SMILES string of the molecule is CCOc1ccc(NC(=O)NS(=O)(=O)N2CCOCC2)cc1C1=NN(CC2CCCC2)/C(=C(/C)NC)C(=O)N1. The summed E-state index contributed by atoms with van der Waals surface area (Å²) in [6.07, 6.45) is 4.50. The Hall–Kier alpha value is -3.36. The minimum absolute atomic E-state index is 0.163. The molecule has 0 bridgehead atoms. The number of carbonyl (C=O) groups excluding carboxylic acids is 2. The lowest BCUT2D eigenvalue weighted by atomic mass is 10.1. The number of morpholine rings is 1. The maximum Gasteiger partial charge on any atom is 0.333 e. The molecule has 13 nitrogen and oxygen atoms in total. The van der Waals surface area contributed by atoms with E-state index in [1.165, 1.54) is 0 Å². The first-order chi connectivity index (χ1) is 18.7. The molecular formula is C25H37N7O6S. The average molecular weight is 564 g/mol. The zero-order valence-corrected chi connectivity index (χ0v) is 23.4. The molecule has 14 heteroatoms. The first-order valence-corrected chi connectivity index (χ1v) is 14.7. The van der Waals surface area contributed by atoms with E-state index < -0.39 is 16.2 Å². The fourth-order valence-corrected chi connectivity index (χ4v) is 5.90. The molecule has 39 heavy (non-hydrogen) atoms. The van der Waals surface area contributed by atoms with E-state index in [4.69, 9.17) is 14.6 Å². The Morgan fingerprint density at radius 3 is 2.62 bits per heavy atom. The minimum atomic E-state index is -4.02. The lowest BCUT2D eigenvalue weighted by molar-refractivity contribution is -0.118. The number of hydrazone groups is 1. The lowest BCUT2D eigenvalue weighted by Gasteiger charge is -2.31. The van der Waals surface area contributed by atoms with Gasteiger partial charge in [0.25, 0.3) is 5.91 Å². The lowest BCUT2D eigenvalue weighted by Crippen LogP contribution is -2.49. The molecule has 4 rings (SSSR count). The summed E-state index contributed by atoms with van der Waals surface area (Å²) in [5.41, 5.74) is 1.91. The summed E-state index contributed by atoms with van der Waals surface area (Å²) in [5.74, 6) is 0.859. The van der Waals surface area contributed by atoms with E-state index in [0.717, 1.165) is 30.0 Å². The van der Waals surface area contributed by atoms with Crippen molar-refractivity contribution in [3.05, 3.63) is 35.2 Å². The van der Waals surface area contributed by atoms with E-state index in [1.54, 1.807) is 30.3 Å². The average Bonchev–Trinajstić information content (AvgIpc) is 3.42. The molecule has 2 fully saturated rings. The van der Waals surface area contributed by atoms with Crippen molar-refractivity contribution in [2.75, 3.05) is 51.8 Å². The number of rotatable bonds is 9. The number of amides is 3. The van der Waals surface area contributed by atoms with Crippen molar-refractivity contribution in [2.45, 2.75) is 39.5 Å². The highest BCUT2D eigenvalue weighted by molar-refractivity contribution is 7.87. The van der Waals surface area contributed by atoms with Gasteiger partial charge in [-0.2, -0.15) is 17.8 Å². The predicted molar refractivity (Wildman–Crippen MR) is 146 cm³/mol. The summed E-state index contributed by atoms with van der Waals surface area (Å²) >= 11 is 0. The second kappa shape index (κ2) is 12.7. The van der Waals surface area contributed by atoms with Crippen LogP contribution in [-0.4, -0.2) is 82.0 Å². The van der Waals surface area contributed by atoms with Crippen LogP contribution in [0.15, 0.2) is 34.7 Å². The van der Waals surface area contributed by atoms with Gasteiger partial charge < -0.3 is 25.4 Å². The van der Waals surface area contributed by atoms with Crippen molar-refractivity contribution in [3.8, 4) is 5.75 Å². The summed E-state index contributed by atoms with van der Waals surface area (Å²) < 4.78 is 39.3. The molecule has 3 amide bonds. The number of nitrogens with one attached hydrogen (secondary N) is 4. The van der Waals surface area contributed by atoms with Gasteiger partial charge in [-0.3, -0.25) is 9.80 Å². The predicted octanol–water partition coefficient (Wildman–Crippen LogP) is 1.52. The van der Waals surface area contributed by atoms with Gasteiger partial charge in [0, 0.05) is 38.1 Å². The first-order valence-electron chi connectivity index (χ1n) is 13.2. The number of benzene rings is 1. The number of nitrogens with zero attached hydrogens (tertiary/aromatic N) is 3. The normalized spacial score (nSPS) is 20.2.